The highest BCUT2D eigenvalue weighted by molar-refractivity contribution is 9.10. The number of halogens is 1. The van der Waals surface area contributed by atoms with Crippen LogP contribution in [0.5, 0.6) is 0 Å². The van der Waals surface area contributed by atoms with Gasteiger partial charge >= 0.3 is 0 Å². The standard InChI is InChI=1S/C15H23BrN2/c1-18(12-13-6-2-3-7-13)11-10-17-15-9-5-4-8-14(15)16/h4-5,8-9,13,17H,2-3,6-7,10-12H2,1H3. The first kappa shape index (κ1) is 13.9. The van der Waals surface area contributed by atoms with E-state index in [1.807, 2.05) is 6.07 Å². The number of anilines is 1. The summed E-state index contributed by atoms with van der Waals surface area (Å²) < 4.78 is 1.14. The molecule has 0 heterocycles. The molecule has 3 heteroatoms. The Morgan fingerprint density at radius 3 is 2.72 bits per heavy atom. The van der Waals surface area contributed by atoms with Crippen molar-refractivity contribution in [2.75, 3.05) is 32.0 Å². The molecule has 1 fully saturated rings. The van der Waals surface area contributed by atoms with Crippen molar-refractivity contribution in [3.8, 4) is 0 Å². The lowest BCUT2D eigenvalue weighted by atomic mass is 10.1. The van der Waals surface area contributed by atoms with Crippen LogP contribution >= 0.6 is 15.9 Å². The molecule has 1 aromatic rings. The molecular weight excluding hydrogens is 288 g/mol. The number of para-hydroxylation sites is 1. The molecule has 0 bridgehead atoms. The largest absolute Gasteiger partial charge is 0.383 e. The van der Waals surface area contributed by atoms with Crippen LogP contribution in [0, 0.1) is 5.92 Å². The van der Waals surface area contributed by atoms with E-state index in [-0.39, 0.29) is 0 Å². The van der Waals surface area contributed by atoms with Gasteiger partial charge in [0, 0.05) is 29.8 Å². The highest BCUT2D eigenvalue weighted by atomic mass is 79.9. The summed E-state index contributed by atoms with van der Waals surface area (Å²) in [6.07, 6.45) is 5.74. The molecule has 0 unspecified atom stereocenters. The molecule has 1 aromatic carbocycles. The molecule has 2 nitrogen and oxygen atoms in total. The summed E-state index contributed by atoms with van der Waals surface area (Å²) in [7, 11) is 2.24. The van der Waals surface area contributed by atoms with Crippen molar-refractivity contribution in [2.24, 2.45) is 5.92 Å². The zero-order valence-electron chi connectivity index (χ0n) is 11.2. The number of likely N-dealkylation sites (N-methyl/N-ethyl adjacent to an activating group) is 1. The second kappa shape index (κ2) is 7.15. The number of hydrogen-bond acceptors (Lipinski definition) is 2. The number of hydrogen-bond donors (Lipinski definition) is 1. The minimum atomic E-state index is 0.943. The molecule has 1 N–H and O–H groups in total. The lowest BCUT2D eigenvalue weighted by Gasteiger charge is -2.21. The average Bonchev–Trinajstić information content (AvgIpc) is 2.84. The van der Waals surface area contributed by atoms with Gasteiger partial charge < -0.3 is 10.2 Å². The average molecular weight is 311 g/mol. The van der Waals surface area contributed by atoms with E-state index < -0.39 is 0 Å². The Labute approximate surface area is 119 Å². The zero-order valence-corrected chi connectivity index (χ0v) is 12.7. The van der Waals surface area contributed by atoms with Crippen molar-refractivity contribution in [1.29, 1.82) is 0 Å². The fraction of sp³-hybridized carbons (Fsp3) is 0.600. The number of nitrogens with one attached hydrogen (secondary N) is 1. The van der Waals surface area contributed by atoms with Gasteiger partial charge in [0.25, 0.3) is 0 Å². The van der Waals surface area contributed by atoms with Gasteiger partial charge in [-0.25, -0.2) is 0 Å². The van der Waals surface area contributed by atoms with Crippen LogP contribution in [0.15, 0.2) is 28.7 Å². The molecule has 0 atom stereocenters. The van der Waals surface area contributed by atoms with Crippen LogP contribution in [0.4, 0.5) is 5.69 Å². The van der Waals surface area contributed by atoms with E-state index in [2.05, 4.69) is 51.4 Å². The van der Waals surface area contributed by atoms with Crippen molar-refractivity contribution in [1.82, 2.24) is 4.90 Å². The van der Waals surface area contributed by atoms with Crippen molar-refractivity contribution in [3.05, 3.63) is 28.7 Å². The second-order valence-corrected chi connectivity index (χ2v) is 6.17. The molecular formula is C15H23BrN2. The van der Waals surface area contributed by atoms with Gasteiger partial charge in [0.1, 0.15) is 0 Å². The summed E-state index contributed by atoms with van der Waals surface area (Å²) >= 11 is 3.56. The molecule has 0 aromatic heterocycles. The van der Waals surface area contributed by atoms with Gasteiger partial charge in [-0.2, -0.15) is 0 Å². The van der Waals surface area contributed by atoms with Gasteiger partial charge in [0.15, 0.2) is 0 Å². The molecule has 2 rings (SSSR count). The lowest BCUT2D eigenvalue weighted by molar-refractivity contribution is 0.287. The van der Waals surface area contributed by atoms with Crippen LogP contribution in [0.2, 0.25) is 0 Å². The maximum absolute atomic E-state index is 3.56. The van der Waals surface area contributed by atoms with Gasteiger partial charge in [-0.1, -0.05) is 25.0 Å². The predicted molar refractivity (Wildman–Crippen MR) is 82.1 cm³/mol. The van der Waals surface area contributed by atoms with Crippen molar-refractivity contribution < 1.29 is 0 Å². The van der Waals surface area contributed by atoms with Gasteiger partial charge in [-0.3, -0.25) is 0 Å². The maximum Gasteiger partial charge on any atom is 0.0485 e. The van der Waals surface area contributed by atoms with Crippen LogP contribution in [-0.4, -0.2) is 31.6 Å². The molecule has 0 spiro atoms. The van der Waals surface area contributed by atoms with Crippen LogP contribution in [0.25, 0.3) is 0 Å². The molecule has 0 saturated heterocycles. The summed E-state index contributed by atoms with van der Waals surface area (Å²) in [5.74, 6) is 0.943. The quantitative estimate of drug-likeness (QED) is 0.855. The summed E-state index contributed by atoms with van der Waals surface area (Å²) in [6.45, 7) is 3.38. The van der Waals surface area contributed by atoms with Crippen LogP contribution < -0.4 is 5.32 Å². The van der Waals surface area contributed by atoms with Gasteiger partial charge in [-0.15, -0.1) is 0 Å². The normalized spacial score (nSPS) is 16.4. The van der Waals surface area contributed by atoms with Crippen LogP contribution in [0.1, 0.15) is 25.7 Å². The molecule has 1 saturated carbocycles. The SMILES string of the molecule is CN(CCNc1ccccc1Br)CC1CCCC1. The maximum atomic E-state index is 3.56. The van der Waals surface area contributed by atoms with E-state index in [0.717, 1.165) is 23.5 Å². The van der Waals surface area contributed by atoms with E-state index in [4.69, 9.17) is 0 Å². The third-order valence-corrected chi connectivity index (χ3v) is 4.42. The van der Waals surface area contributed by atoms with E-state index >= 15 is 0 Å². The minimum absolute atomic E-state index is 0.943. The highest BCUT2D eigenvalue weighted by Crippen LogP contribution is 2.25. The lowest BCUT2D eigenvalue weighted by Crippen LogP contribution is -2.29. The fourth-order valence-corrected chi connectivity index (χ4v) is 3.14. The molecule has 0 radical (unpaired) electrons. The van der Waals surface area contributed by atoms with Crippen LogP contribution in [0.3, 0.4) is 0 Å². The Hall–Kier alpha value is -0.540. The molecule has 0 amide bonds. The Morgan fingerprint density at radius 2 is 2.00 bits per heavy atom. The van der Waals surface area contributed by atoms with Crippen molar-refractivity contribution in [2.45, 2.75) is 25.7 Å². The van der Waals surface area contributed by atoms with Crippen LogP contribution in [-0.2, 0) is 0 Å². The number of benzene rings is 1. The molecule has 100 valence electrons. The van der Waals surface area contributed by atoms with Gasteiger partial charge in [-0.05, 0) is 53.9 Å². The summed E-state index contributed by atoms with van der Waals surface area (Å²) in [5.41, 5.74) is 1.19. The molecule has 1 aliphatic rings. The van der Waals surface area contributed by atoms with E-state index in [9.17, 15) is 0 Å². The van der Waals surface area contributed by atoms with E-state index in [1.165, 1.54) is 37.9 Å². The second-order valence-electron chi connectivity index (χ2n) is 5.32. The topological polar surface area (TPSA) is 15.3 Å². The van der Waals surface area contributed by atoms with E-state index in [0.29, 0.717) is 0 Å². The Morgan fingerprint density at radius 1 is 1.28 bits per heavy atom. The highest BCUT2D eigenvalue weighted by Gasteiger charge is 2.16. The first-order valence-corrected chi connectivity index (χ1v) is 7.72. The molecule has 18 heavy (non-hydrogen) atoms. The first-order chi connectivity index (χ1) is 8.75. The smallest absolute Gasteiger partial charge is 0.0485 e. The Kier molecular flexibility index (Phi) is 5.51. The molecule has 1 aliphatic carbocycles. The van der Waals surface area contributed by atoms with Crippen molar-refractivity contribution in [3.63, 3.8) is 0 Å². The monoisotopic (exact) mass is 310 g/mol. The Bertz CT molecular complexity index is 361. The summed E-state index contributed by atoms with van der Waals surface area (Å²) in [4.78, 5) is 2.46. The summed E-state index contributed by atoms with van der Waals surface area (Å²) in [5, 5.41) is 3.48. The van der Waals surface area contributed by atoms with E-state index in [1.54, 1.807) is 0 Å². The number of nitrogens with zero attached hydrogens (tertiary/aromatic N) is 1. The van der Waals surface area contributed by atoms with Gasteiger partial charge in [0.05, 0.1) is 0 Å². The molecule has 0 aliphatic heterocycles. The Balaban J connectivity index is 1.67. The summed E-state index contributed by atoms with van der Waals surface area (Å²) in [6, 6.07) is 8.29. The van der Waals surface area contributed by atoms with Crippen molar-refractivity contribution >= 4 is 21.6 Å². The fourth-order valence-electron chi connectivity index (χ4n) is 2.71. The third kappa shape index (κ3) is 4.29. The third-order valence-electron chi connectivity index (χ3n) is 3.73. The number of rotatable bonds is 6. The minimum Gasteiger partial charge on any atom is -0.383 e. The first-order valence-electron chi connectivity index (χ1n) is 6.92. The zero-order chi connectivity index (χ0) is 12.8. The van der Waals surface area contributed by atoms with Gasteiger partial charge in [0.2, 0.25) is 0 Å². The predicted octanol–water partition coefficient (Wildman–Crippen LogP) is 3.98.